The van der Waals surface area contributed by atoms with Crippen molar-refractivity contribution in [2.75, 3.05) is 6.61 Å². The maximum absolute atomic E-state index is 12.4. The molecule has 0 saturated carbocycles. The molecule has 2 unspecified atom stereocenters. The molecular weight excluding hydrogens is 450 g/mol. The molecule has 184 valence electrons. The quantitative estimate of drug-likeness (QED) is 0.260. The van der Waals surface area contributed by atoms with Crippen LogP contribution in [0.15, 0.2) is 42.5 Å². The Morgan fingerprint density at radius 3 is 2.62 bits per heavy atom. The molecule has 6 nitrogen and oxygen atoms in total. The lowest BCUT2D eigenvalue weighted by Crippen LogP contribution is -2.36. The van der Waals surface area contributed by atoms with Crippen molar-refractivity contribution in [1.82, 2.24) is 15.0 Å². The van der Waals surface area contributed by atoms with E-state index in [-0.39, 0.29) is 30.3 Å². The standard InChI is InChI=1S/C27H36ClN3O3/c1-5-6-7-11-22(27(2,3)4)25(32)18-34-26(33)15-12-19-9-8-10-21(16-19)31-29-23-14-13-20(28)17-24(23)30-31/h8-10,13-14,16-17,22,25,32H,5-7,11-12,15,18H2,1-4H3. The number of carbonyl (C=O) groups is 1. The summed E-state index contributed by atoms with van der Waals surface area (Å²) in [5.74, 6) is -0.209. The number of esters is 1. The number of ether oxygens (including phenoxy) is 1. The molecule has 1 aromatic heterocycles. The summed E-state index contributed by atoms with van der Waals surface area (Å²) in [6, 6.07) is 13.2. The lowest BCUT2D eigenvalue weighted by molar-refractivity contribution is -0.148. The van der Waals surface area contributed by atoms with E-state index in [2.05, 4.69) is 37.9 Å². The second-order valence-electron chi connectivity index (χ2n) is 10.0. The van der Waals surface area contributed by atoms with E-state index in [9.17, 15) is 9.90 Å². The van der Waals surface area contributed by atoms with Crippen molar-refractivity contribution >= 4 is 28.6 Å². The minimum atomic E-state index is -0.655. The van der Waals surface area contributed by atoms with Gasteiger partial charge in [0.1, 0.15) is 17.6 Å². The van der Waals surface area contributed by atoms with E-state index in [4.69, 9.17) is 16.3 Å². The Bertz CT molecular complexity index is 1090. The highest BCUT2D eigenvalue weighted by molar-refractivity contribution is 6.31. The van der Waals surface area contributed by atoms with Crippen LogP contribution in [0.3, 0.4) is 0 Å². The van der Waals surface area contributed by atoms with Crippen LogP contribution in [0.25, 0.3) is 16.7 Å². The van der Waals surface area contributed by atoms with E-state index in [1.807, 2.05) is 30.3 Å². The summed E-state index contributed by atoms with van der Waals surface area (Å²) < 4.78 is 5.44. The van der Waals surface area contributed by atoms with Gasteiger partial charge in [-0.25, -0.2) is 0 Å². The largest absolute Gasteiger partial charge is 0.463 e. The number of hydrogen-bond donors (Lipinski definition) is 1. The molecule has 0 bridgehead atoms. The molecule has 34 heavy (non-hydrogen) atoms. The van der Waals surface area contributed by atoms with Gasteiger partial charge < -0.3 is 9.84 Å². The van der Waals surface area contributed by atoms with Crippen molar-refractivity contribution in [2.45, 2.75) is 72.3 Å². The molecule has 0 fully saturated rings. The molecule has 7 heteroatoms. The van der Waals surface area contributed by atoms with Crippen LogP contribution in [0.1, 0.15) is 65.4 Å². The van der Waals surface area contributed by atoms with Gasteiger partial charge in [-0.3, -0.25) is 4.79 Å². The first-order valence-corrected chi connectivity index (χ1v) is 12.5. The second kappa shape index (κ2) is 11.8. The minimum Gasteiger partial charge on any atom is -0.463 e. The van der Waals surface area contributed by atoms with Crippen LogP contribution in [0, 0.1) is 11.3 Å². The van der Waals surface area contributed by atoms with E-state index in [1.165, 1.54) is 0 Å². The average Bonchev–Trinajstić information content (AvgIpc) is 3.21. The fraction of sp³-hybridized carbons (Fsp3) is 0.519. The van der Waals surface area contributed by atoms with Gasteiger partial charge in [-0.05, 0) is 60.1 Å². The van der Waals surface area contributed by atoms with Crippen molar-refractivity contribution in [2.24, 2.45) is 11.3 Å². The monoisotopic (exact) mass is 485 g/mol. The van der Waals surface area contributed by atoms with Gasteiger partial charge in [0.15, 0.2) is 0 Å². The molecule has 0 radical (unpaired) electrons. The fourth-order valence-electron chi connectivity index (χ4n) is 4.27. The lowest BCUT2D eigenvalue weighted by Gasteiger charge is -2.34. The number of aromatic nitrogens is 3. The summed E-state index contributed by atoms with van der Waals surface area (Å²) in [5.41, 5.74) is 3.25. The molecule has 0 aliphatic carbocycles. The molecule has 0 saturated heterocycles. The highest BCUT2D eigenvalue weighted by Gasteiger charge is 2.31. The average molecular weight is 486 g/mol. The van der Waals surface area contributed by atoms with Crippen molar-refractivity contribution in [3.63, 3.8) is 0 Å². The van der Waals surface area contributed by atoms with Gasteiger partial charge >= 0.3 is 5.97 Å². The van der Waals surface area contributed by atoms with Crippen LogP contribution < -0.4 is 0 Å². The number of rotatable bonds is 11. The number of unbranched alkanes of at least 4 members (excludes halogenated alkanes) is 2. The first kappa shape index (κ1) is 26.2. The number of aryl methyl sites for hydroxylation is 1. The zero-order valence-corrected chi connectivity index (χ0v) is 21.4. The van der Waals surface area contributed by atoms with Gasteiger partial charge in [0.05, 0.1) is 11.8 Å². The Kier molecular flexibility index (Phi) is 9.09. The molecular formula is C27H36ClN3O3. The molecule has 0 spiro atoms. The number of hydrogen-bond acceptors (Lipinski definition) is 5. The number of carbonyl (C=O) groups excluding carboxylic acids is 1. The second-order valence-corrected chi connectivity index (χ2v) is 10.4. The molecule has 0 aliphatic rings. The predicted molar refractivity (Wildman–Crippen MR) is 136 cm³/mol. The molecule has 2 aromatic carbocycles. The fourth-order valence-corrected chi connectivity index (χ4v) is 4.44. The highest BCUT2D eigenvalue weighted by atomic mass is 35.5. The maximum Gasteiger partial charge on any atom is 0.306 e. The Hall–Kier alpha value is -2.44. The molecule has 2 atom stereocenters. The summed E-state index contributed by atoms with van der Waals surface area (Å²) in [7, 11) is 0. The number of aliphatic hydroxyl groups is 1. The van der Waals surface area contributed by atoms with Crippen LogP contribution in [-0.2, 0) is 16.0 Å². The van der Waals surface area contributed by atoms with Gasteiger partial charge in [0, 0.05) is 11.4 Å². The topological polar surface area (TPSA) is 77.2 Å². The van der Waals surface area contributed by atoms with Crippen molar-refractivity contribution in [3.8, 4) is 5.69 Å². The molecule has 0 aliphatic heterocycles. The SMILES string of the molecule is CCCCCC(C(O)COC(=O)CCc1cccc(-n2nc3ccc(Cl)cc3n2)c1)C(C)(C)C. The summed E-state index contributed by atoms with van der Waals surface area (Å²) in [6.07, 6.45) is 4.43. The van der Waals surface area contributed by atoms with Gasteiger partial charge in [-0.15, -0.1) is 10.2 Å². The third-order valence-electron chi connectivity index (χ3n) is 6.21. The van der Waals surface area contributed by atoms with E-state index < -0.39 is 6.10 Å². The Morgan fingerprint density at radius 2 is 1.88 bits per heavy atom. The predicted octanol–water partition coefficient (Wildman–Crippen LogP) is 6.15. The Morgan fingerprint density at radius 1 is 1.12 bits per heavy atom. The van der Waals surface area contributed by atoms with Crippen LogP contribution in [0.5, 0.6) is 0 Å². The van der Waals surface area contributed by atoms with Crippen molar-refractivity contribution in [1.29, 1.82) is 0 Å². The van der Waals surface area contributed by atoms with Crippen LogP contribution in [0.4, 0.5) is 0 Å². The van der Waals surface area contributed by atoms with Gasteiger partial charge in [-0.1, -0.05) is 70.7 Å². The molecule has 1 heterocycles. The highest BCUT2D eigenvalue weighted by Crippen LogP contribution is 2.33. The third kappa shape index (κ3) is 7.28. The number of aliphatic hydroxyl groups excluding tert-OH is 1. The van der Waals surface area contributed by atoms with E-state index in [1.54, 1.807) is 16.9 Å². The molecule has 3 aromatic rings. The molecule has 1 N–H and O–H groups in total. The molecule has 3 rings (SSSR count). The van der Waals surface area contributed by atoms with Gasteiger partial charge in [0.25, 0.3) is 0 Å². The first-order valence-electron chi connectivity index (χ1n) is 12.1. The lowest BCUT2D eigenvalue weighted by atomic mass is 9.74. The third-order valence-corrected chi connectivity index (χ3v) is 6.45. The summed E-state index contributed by atoms with van der Waals surface area (Å²) in [6.45, 7) is 8.61. The smallest absolute Gasteiger partial charge is 0.306 e. The van der Waals surface area contributed by atoms with Gasteiger partial charge in [0.2, 0.25) is 0 Å². The number of benzene rings is 2. The number of halogens is 1. The van der Waals surface area contributed by atoms with Crippen LogP contribution in [-0.4, -0.2) is 38.8 Å². The zero-order chi connectivity index (χ0) is 24.7. The van der Waals surface area contributed by atoms with Gasteiger partial charge in [-0.2, -0.15) is 4.80 Å². The van der Waals surface area contributed by atoms with Crippen molar-refractivity contribution in [3.05, 3.63) is 53.1 Å². The summed E-state index contributed by atoms with van der Waals surface area (Å²) >= 11 is 6.05. The van der Waals surface area contributed by atoms with E-state index in [0.29, 0.717) is 11.4 Å². The minimum absolute atomic E-state index is 0.0410. The summed E-state index contributed by atoms with van der Waals surface area (Å²) in [5, 5.41) is 20.3. The van der Waals surface area contributed by atoms with E-state index in [0.717, 1.165) is 48.0 Å². The summed E-state index contributed by atoms with van der Waals surface area (Å²) in [4.78, 5) is 14.0. The van der Waals surface area contributed by atoms with Crippen LogP contribution in [0.2, 0.25) is 5.02 Å². The number of nitrogens with zero attached hydrogens (tertiary/aromatic N) is 3. The van der Waals surface area contributed by atoms with E-state index >= 15 is 0 Å². The Balaban J connectivity index is 1.54. The Labute approximate surface area is 207 Å². The number of fused-ring (bicyclic) bond motifs is 1. The van der Waals surface area contributed by atoms with Crippen LogP contribution >= 0.6 is 11.6 Å². The maximum atomic E-state index is 12.4. The van der Waals surface area contributed by atoms with Crippen molar-refractivity contribution < 1.29 is 14.6 Å². The first-order chi connectivity index (χ1) is 16.2. The zero-order valence-electron chi connectivity index (χ0n) is 20.6. The normalized spacial score (nSPS) is 13.7. The molecule has 0 amide bonds.